The third-order valence-electron chi connectivity index (χ3n) is 2.78. The fourth-order valence-electron chi connectivity index (χ4n) is 1.90. The third-order valence-corrected chi connectivity index (χ3v) is 2.78. The molecule has 2 rings (SSSR count). The zero-order chi connectivity index (χ0) is 11.7. The molecule has 0 spiro atoms. The summed E-state index contributed by atoms with van der Waals surface area (Å²) in [7, 11) is 0. The monoisotopic (exact) mass is 222 g/mol. The van der Waals surface area contributed by atoms with Crippen molar-refractivity contribution >= 4 is 5.97 Å². The predicted molar refractivity (Wildman–Crippen MR) is 57.5 cm³/mol. The summed E-state index contributed by atoms with van der Waals surface area (Å²) in [5, 5.41) is 0. The van der Waals surface area contributed by atoms with Crippen LogP contribution in [-0.2, 0) is 11.2 Å². The van der Waals surface area contributed by atoms with Crippen molar-refractivity contribution < 1.29 is 9.53 Å². The summed E-state index contributed by atoms with van der Waals surface area (Å²) in [6, 6.07) is 0.288. The van der Waals surface area contributed by atoms with E-state index in [1.165, 1.54) is 0 Å². The minimum Gasteiger partial charge on any atom is -0.462 e. The highest BCUT2D eigenvalue weighted by molar-refractivity contribution is 5.88. The zero-order valence-corrected chi connectivity index (χ0v) is 9.40. The molecule has 1 aliphatic heterocycles. The number of hydrogen-bond acceptors (Lipinski definition) is 4. The summed E-state index contributed by atoms with van der Waals surface area (Å²) in [6.45, 7) is 4.01. The summed E-state index contributed by atoms with van der Waals surface area (Å²) < 4.78 is 6.69. The second-order valence-corrected chi connectivity index (χ2v) is 3.89. The number of carbonyl (C=O) groups excluding carboxylic acids is 1. The standard InChI is InChI=1S/C11H14N2O3/c1-3-16-11(15)8-6-13-7(2)4-5-9(13)12-10(8)14/h6-7H,3-5H2,1-2H3. The number of aryl methyl sites for hydroxylation is 1. The van der Waals surface area contributed by atoms with Gasteiger partial charge in [0.2, 0.25) is 0 Å². The number of fused-ring (bicyclic) bond motifs is 1. The average Bonchev–Trinajstić information content (AvgIpc) is 2.59. The normalized spacial score (nSPS) is 18.2. The Bertz CT molecular complexity index is 479. The van der Waals surface area contributed by atoms with E-state index in [9.17, 15) is 9.59 Å². The Labute approximate surface area is 93.1 Å². The van der Waals surface area contributed by atoms with Gasteiger partial charge in [-0.2, -0.15) is 4.98 Å². The van der Waals surface area contributed by atoms with Crippen LogP contribution in [-0.4, -0.2) is 22.1 Å². The predicted octanol–water partition coefficient (Wildman–Crippen LogP) is 0.927. The van der Waals surface area contributed by atoms with Crippen molar-refractivity contribution in [3.63, 3.8) is 0 Å². The van der Waals surface area contributed by atoms with Crippen LogP contribution in [0.5, 0.6) is 0 Å². The second kappa shape index (κ2) is 4.08. The van der Waals surface area contributed by atoms with Crippen LogP contribution in [0.1, 0.15) is 42.5 Å². The van der Waals surface area contributed by atoms with Crippen LogP contribution in [0.15, 0.2) is 11.0 Å². The van der Waals surface area contributed by atoms with Crippen molar-refractivity contribution in [1.29, 1.82) is 0 Å². The highest BCUT2D eigenvalue weighted by Gasteiger charge is 2.22. The molecule has 5 heteroatoms. The van der Waals surface area contributed by atoms with Gasteiger partial charge in [-0.15, -0.1) is 0 Å². The van der Waals surface area contributed by atoms with Gasteiger partial charge in [-0.05, 0) is 20.3 Å². The molecular formula is C11H14N2O3. The third kappa shape index (κ3) is 1.73. The number of aromatic nitrogens is 2. The van der Waals surface area contributed by atoms with Gasteiger partial charge in [0.1, 0.15) is 11.4 Å². The molecule has 0 aliphatic carbocycles. The van der Waals surface area contributed by atoms with E-state index in [2.05, 4.69) is 4.98 Å². The first-order valence-corrected chi connectivity index (χ1v) is 5.42. The number of nitrogens with zero attached hydrogens (tertiary/aromatic N) is 2. The number of hydrogen-bond donors (Lipinski definition) is 0. The van der Waals surface area contributed by atoms with E-state index in [0.29, 0.717) is 0 Å². The van der Waals surface area contributed by atoms with Crippen LogP contribution in [0.3, 0.4) is 0 Å². The molecule has 0 saturated carbocycles. The quantitative estimate of drug-likeness (QED) is 0.698. The van der Waals surface area contributed by atoms with Gasteiger partial charge in [0.05, 0.1) is 6.61 Å². The van der Waals surface area contributed by atoms with Crippen LogP contribution >= 0.6 is 0 Å². The lowest BCUT2D eigenvalue weighted by Gasteiger charge is -2.10. The molecule has 86 valence electrons. The average molecular weight is 222 g/mol. The van der Waals surface area contributed by atoms with Gasteiger partial charge >= 0.3 is 5.97 Å². The molecule has 1 aromatic heterocycles. The molecule has 1 unspecified atom stereocenters. The van der Waals surface area contributed by atoms with Gasteiger partial charge in [-0.1, -0.05) is 0 Å². The van der Waals surface area contributed by atoms with Crippen LogP contribution in [0, 0.1) is 0 Å². The Morgan fingerprint density at radius 1 is 1.69 bits per heavy atom. The van der Waals surface area contributed by atoms with Crippen molar-refractivity contribution in [2.45, 2.75) is 32.7 Å². The molecule has 0 fully saturated rings. The Morgan fingerprint density at radius 2 is 2.44 bits per heavy atom. The van der Waals surface area contributed by atoms with Crippen LogP contribution in [0.25, 0.3) is 0 Å². The molecule has 2 heterocycles. The van der Waals surface area contributed by atoms with Crippen LogP contribution < -0.4 is 5.56 Å². The molecule has 5 nitrogen and oxygen atoms in total. The second-order valence-electron chi connectivity index (χ2n) is 3.89. The minimum atomic E-state index is -0.589. The van der Waals surface area contributed by atoms with Gasteiger partial charge in [-0.3, -0.25) is 4.79 Å². The smallest absolute Gasteiger partial charge is 0.345 e. The maximum atomic E-state index is 11.6. The SMILES string of the molecule is CCOC(=O)c1cn2c(nc1=O)CCC2C. The van der Waals surface area contributed by atoms with Gasteiger partial charge in [0.15, 0.2) is 0 Å². The van der Waals surface area contributed by atoms with E-state index in [4.69, 9.17) is 4.74 Å². The fourth-order valence-corrected chi connectivity index (χ4v) is 1.90. The molecule has 1 aliphatic rings. The van der Waals surface area contributed by atoms with E-state index in [1.807, 2.05) is 11.5 Å². The zero-order valence-electron chi connectivity index (χ0n) is 9.40. The van der Waals surface area contributed by atoms with E-state index >= 15 is 0 Å². The topological polar surface area (TPSA) is 61.2 Å². The number of ether oxygens (including phenoxy) is 1. The van der Waals surface area contributed by atoms with Gasteiger partial charge < -0.3 is 9.30 Å². The van der Waals surface area contributed by atoms with Crippen molar-refractivity contribution in [3.8, 4) is 0 Å². The number of rotatable bonds is 2. The summed E-state index contributed by atoms with van der Waals surface area (Å²) >= 11 is 0. The molecule has 16 heavy (non-hydrogen) atoms. The maximum absolute atomic E-state index is 11.6. The molecule has 0 amide bonds. The van der Waals surface area contributed by atoms with Crippen molar-refractivity contribution in [2.75, 3.05) is 6.61 Å². The van der Waals surface area contributed by atoms with Crippen molar-refractivity contribution in [2.24, 2.45) is 0 Å². The maximum Gasteiger partial charge on any atom is 0.345 e. The first kappa shape index (κ1) is 10.9. The lowest BCUT2D eigenvalue weighted by molar-refractivity contribution is 0.0523. The molecule has 1 atom stereocenters. The molecule has 0 bridgehead atoms. The van der Waals surface area contributed by atoms with Crippen LogP contribution in [0.2, 0.25) is 0 Å². The first-order chi connectivity index (χ1) is 7.63. The first-order valence-electron chi connectivity index (χ1n) is 5.42. The Kier molecular flexibility index (Phi) is 2.77. The van der Waals surface area contributed by atoms with Gasteiger partial charge in [-0.25, -0.2) is 4.79 Å². The molecule has 0 saturated heterocycles. The minimum absolute atomic E-state index is 0.0272. The largest absolute Gasteiger partial charge is 0.462 e. The summed E-state index contributed by atoms with van der Waals surface area (Å²) in [5.74, 6) is 0.167. The molecule has 1 aromatic rings. The van der Waals surface area contributed by atoms with E-state index < -0.39 is 11.5 Å². The summed E-state index contributed by atoms with van der Waals surface area (Å²) in [5.41, 5.74) is -0.460. The van der Waals surface area contributed by atoms with E-state index in [1.54, 1.807) is 13.1 Å². The van der Waals surface area contributed by atoms with Crippen molar-refractivity contribution in [3.05, 3.63) is 27.9 Å². The highest BCUT2D eigenvalue weighted by atomic mass is 16.5. The Hall–Kier alpha value is -1.65. The van der Waals surface area contributed by atoms with Gasteiger partial charge in [0, 0.05) is 18.7 Å². The summed E-state index contributed by atoms with van der Waals surface area (Å²) in [6.07, 6.45) is 3.32. The van der Waals surface area contributed by atoms with Gasteiger partial charge in [0.25, 0.3) is 5.56 Å². The molecule has 0 N–H and O–H groups in total. The molecule has 0 radical (unpaired) electrons. The highest BCUT2D eigenvalue weighted by Crippen LogP contribution is 2.22. The number of carbonyl (C=O) groups is 1. The lowest BCUT2D eigenvalue weighted by atomic mass is 10.2. The Balaban J connectivity index is 2.44. The van der Waals surface area contributed by atoms with E-state index in [0.717, 1.165) is 18.7 Å². The molecule has 0 aromatic carbocycles. The number of esters is 1. The summed E-state index contributed by atoms with van der Waals surface area (Å²) in [4.78, 5) is 27.0. The lowest BCUT2D eigenvalue weighted by Crippen LogP contribution is -2.24. The van der Waals surface area contributed by atoms with Crippen LogP contribution in [0.4, 0.5) is 0 Å². The Morgan fingerprint density at radius 3 is 3.12 bits per heavy atom. The van der Waals surface area contributed by atoms with E-state index in [-0.39, 0.29) is 18.2 Å². The van der Waals surface area contributed by atoms with Crippen molar-refractivity contribution in [1.82, 2.24) is 9.55 Å². The fraction of sp³-hybridized carbons (Fsp3) is 0.545. The molecular weight excluding hydrogens is 208 g/mol.